The molecular weight excluding hydrogens is 268 g/mol. The number of aliphatic carboxylic acids is 1. The first-order chi connectivity index (χ1) is 8.31. The number of carbonyl (C=O) groups excluding carboxylic acids is 1. The molecule has 19 heavy (non-hydrogen) atoms. The van der Waals surface area contributed by atoms with Gasteiger partial charge in [0, 0.05) is 6.04 Å². The summed E-state index contributed by atoms with van der Waals surface area (Å²) < 4.78 is 0. The third-order valence-corrected chi connectivity index (χ3v) is 3.21. The lowest BCUT2D eigenvalue weighted by Crippen LogP contribution is -2.48. The Hall–Kier alpha value is -1.07. The predicted molar refractivity (Wildman–Crippen MR) is 76.1 cm³/mol. The molecule has 1 aliphatic carbocycles. The van der Waals surface area contributed by atoms with Crippen LogP contribution in [-0.2, 0) is 9.59 Å². The minimum absolute atomic E-state index is 0. The number of hydrogen-bond donors (Lipinski definition) is 3. The van der Waals surface area contributed by atoms with E-state index in [0.717, 1.165) is 5.57 Å². The molecule has 1 fully saturated rings. The summed E-state index contributed by atoms with van der Waals surface area (Å²) in [6, 6.07) is -0.950. The maximum atomic E-state index is 11.9. The Bertz CT molecular complexity index is 358. The maximum Gasteiger partial charge on any atom is 0.308 e. The van der Waals surface area contributed by atoms with Gasteiger partial charge in [0.2, 0.25) is 5.91 Å². The molecule has 6 heteroatoms. The molecular formula is C13H23ClN2O3. The highest BCUT2D eigenvalue weighted by Gasteiger charge is 2.36. The molecule has 0 saturated heterocycles. The van der Waals surface area contributed by atoms with Crippen LogP contribution in [-0.4, -0.2) is 29.1 Å². The van der Waals surface area contributed by atoms with E-state index in [-0.39, 0.29) is 24.4 Å². The Morgan fingerprint density at radius 3 is 2.53 bits per heavy atom. The van der Waals surface area contributed by atoms with Crippen LogP contribution in [0, 0.1) is 11.8 Å². The first kappa shape index (κ1) is 17.9. The van der Waals surface area contributed by atoms with Crippen molar-refractivity contribution in [3.05, 3.63) is 12.2 Å². The average Bonchev–Trinajstić information content (AvgIpc) is 2.58. The average molecular weight is 291 g/mol. The number of halogens is 1. The zero-order valence-corrected chi connectivity index (χ0v) is 12.2. The van der Waals surface area contributed by atoms with Gasteiger partial charge in [-0.05, 0) is 25.2 Å². The van der Waals surface area contributed by atoms with Crippen LogP contribution in [0.4, 0.5) is 0 Å². The molecule has 0 aliphatic heterocycles. The summed E-state index contributed by atoms with van der Waals surface area (Å²) in [4.78, 5) is 22.9. The molecule has 4 N–H and O–H groups in total. The van der Waals surface area contributed by atoms with E-state index < -0.39 is 17.9 Å². The smallest absolute Gasteiger partial charge is 0.308 e. The third-order valence-electron chi connectivity index (χ3n) is 3.21. The first-order valence-electron chi connectivity index (χ1n) is 6.26. The van der Waals surface area contributed by atoms with Crippen LogP contribution in [0.3, 0.4) is 0 Å². The molecule has 110 valence electrons. The number of carboxylic acid groups (broad SMARTS) is 1. The van der Waals surface area contributed by atoms with Gasteiger partial charge in [0.25, 0.3) is 0 Å². The topological polar surface area (TPSA) is 92.4 Å². The molecule has 1 aliphatic rings. The molecule has 0 aromatic heterocycles. The van der Waals surface area contributed by atoms with Gasteiger partial charge in [0.1, 0.15) is 0 Å². The molecule has 0 aromatic carbocycles. The molecule has 0 aromatic rings. The summed E-state index contributed by atoms with van der Waals surface area (Å²) >= 11 is 0. The fraction of sp³-hybridized carbons (Fsp3) is 0.692. The lowest BCUT2D eigenvalue weighted by atomic mass is 10.0. The highest BCUT2D eigenvalue weighted by molar-refractivity contribution is 5.85. The van der Waals surface area contributed by atoms with Crippen LogP contribution >= 0.6 is 12.4 Å². The van der Waals surface area contributed by atoms with Gasteiger partial charge in [-0.25, -0.2) is 0 Å². The SMILES string of the molecule is C=C1C[C@H](NC(=O)[C@@H](N)CC(C)C)[C@H](C(=O)O)C1.Cl. The first-order valence-corrected chi connectivity index (χ1v) is 6.26. The van der Waals surface area contributed by atoms with Crippen LogP contribution in [0.1, 0.15) is 33.1 Å². The largest absolute Gasteiger partial charge is 0.481 e. The molecule has 0 unspecified atom stereocenters. The second-order valence-corrected chi connectivity index (χ2v) is 5.45. The molecule has 1 rings (SSSR count). The molecule has 0 heterocycles. The van der Waals surface area contributed by atoms with Gasteiger partial charge >= 0.3 is 5.97 Å². The zero-order chi connectivity index (χ0) is 13.9. The summed E-state index contributed by atoms with van der Waals surface area (Å²) in [7, 11) is 0. The molecule has 0 radical (unpaired) electrons. The Labute approximate surface area is 120 Å². The summed E-state index contributed by atoms with van der Waals surface area (Å²) in [5, 5.41) is 11.8. The number of rotatable bonds is 5. The Morgan fingerprint density at radius 2 is 2.05 bits per heavy atom. The standard InChI is InChI=1S/C13H22N2O3.ClH/c1-7(2)4-10(14)12(16)15-11-6-8(3)5-9(11)13(17)18;/h7,9-11H,3-6,14H2,1-2H3,(H,15,16)(H,17,18);1H/t9-,10+,11+;/m1./s1. The second kappa shape index (κ2) is 7.50. The minimum Gasteiger partial charge on any atom is -0.481 e. The van der Waals surface area contributed by atoms with Crippen molar-refractivity contribution in [3.8, 4) is 0 Å². The summed E-state index contributed by atoms with van der Waals surface area (Å²) in [5.41, 5.74) is 6.64. The van der Waals surface area contributed by atoms with E-state index in [9.17, 15) is 9.59 Å². The van der Waals surface area contributed by atoms with E-state index in [1.165, 1.54) is 0 Å². The maximum absolute atomic E-state index is 11.9. The zero-order valence-electron chi connectivity index (χ0n) is 11.4. The third kappa shape index (κ3) is 5.20. The van der Waals surface area contributed by atoms with E-state index >= 15 is 0 Å². The lowest BCUT2D eigenvalue weighted by molar-refractivity contribution is -0.142. The predicted octanol–water partition coefficient (Wildman–Crippen LogP) is 1.32. The van der Waals surface area contributed by atoms with Gasteiger partial charge in [0.05, 0.1) is 12.0 Å². The quantitative estimate of drug-likeness (QED) is 0.666. The number of amides is 1. The van der Waals surface area contributed by atoms with Crippen LogP contribution < -0.4 is 11.1 Å². The number of carboxylic acids is 1. The fourth-order valence-corrected chi connectivity index (χ4v) is 2.31. The van der Waals surface area contributed by atoms with E-state index in [0.29, 0.717) is 25.2 Å². The number of carbonyl (C=O) groups is 2. The van der Waals surface area contributed by atoms with Crippen molar-refractivity contribution >= 4 is 24.3 Å². The van der Waals surface area contributed by atoms with Crippen LogP contribution in [0.2, 0.25) is 0 Å². The van der Waals surface area contributed by atoms with Crippen molar-refractivity contribution in [1.29, 1.82) is 0 Å². The van der Waals surface area contributed by atoms with Crippen molar-refractivity contribution in [2.75, 3.05) is 0 Å². The minimum atomic E-state index is -0.892. The normalized spacial score (nSPS) is 23.9. The Morgan fingerprint density at radius 1 is 1.47 bits per heavy atom. The molecule has 1 saturated carbocycles. The number of nitrogens with two attached hydrogens (primary N) is 1. The van der Waals surface area contributed by atoms with E-state index in [1.54, 1.807) is 0 Å². The summed E-state index contributed by atoms with van der Waals surface area (Å²) in [6.45, 7) is 7.77. The fourth-order valence-electron chi connectivity index (χ4n) is 2.31. The van der Waals surface area contributed by atoms with Crippen molar-refractivity contribution in [2.45, 2.75) is 45.2 Å². The molecule has 0 spiro atoms. The van der Waals surface area contributed by atoms with Crippen LogP contribution in [0.25, 0.3) is 0 Å². The van der Waals surface area contributed by atoms with Gasteiger partial charge in [-0.1, -0.05) is 26.0 Å². The highest BCUT2D eigenvalue weighted by Crippen LogP contribution is 2.29. The van der Waals surface area contributed by atoms with Gasteiger partial charge in [-0.15, -0.1) is 12.4 Å². The van der Waals surface area contributed by atoms with Crippen molar-refractivity contribution in [2.24, 2.45) is 17.6 Å². The van der Waals surface area contributed by atoms with Gasteiger partial charge in [-0.3, -0.25) is 9.59 Å². The molecule has 0 bridgehead atoms. The van der Waals surface area contributed by atoms with Crippen molar-refractivity contribution < 1.29 is 14.7 Å². The van der Waals surface area contributed by atoms with Gasteiger partial charge < -0.3 is 16.2 Å². The monoisotopic (exact) mass is 290 g/mol. The number of hydrogen-bond acceptors (Lipinski definition) is 3. The number of nitrogens with one attached hydrogen (secondary N) is 1. The summed E-state index contributed by atoms with van der Waals surface area (Å²) in [5.74, 6) is -1.40. The Balaban J connectivity index is 0.00000324. The lowest BCUT2D eigenvalue weighted by Gasteiger charge is -2.20. The van der Waals surface area contributed by atoms with Crippen molar-refractivity contribution in [3.63, 3.8) is 0 Å². The van der Waals surface area contributed by atoms with E-state index in [4.69, 9.17) is 10.8 Å². The molecule has 3 atom stereocenters. The Kier molecular flexibility index (Phi) is 7.08. The van der Waals surface area contributed by atoms with Crippen molar-refractivity contribution in [1.82, 2.24) is 5.32 Å². The van der Waals surface area contributed by atoms with E-state index in [2.05, 4.69) is 11.9 Å². The molecule has 5 nitrogen and oxygen atoms in total. The van der Waals surface area contributed by atoms with Gasteiger partial charge in [-0.2, -0.15) is 0 Å². The summed E-state index contributed by atoms with van der Waals surface area (Å²) in [6.07, 6.45) is 1.55. The highest BCUT2D eigenvalue weighted by atomic mass is 35.5. The van der Waals surface area contributed by atoms with Crippen LogP contribution in [0.5, 0.6) is 0 Å². The molecule has 1 amide bonds. The van der Waals surface area contributed by atoms with E-state index in [1.807, 2.05) is 13.8 Å². The second-order valence-electron chi connectivity index (χ2n) is 5.45. The van der Waals surface area contributed by atoms with Crippen LogP contribution in [0.15, 0.2) is 12.2 Å². The van der Waals surface area contributed by atoms with Gasteiger partial charge in [0.15, 0.2) is 0 Å².